The van der Waals surface area contributed by atoms with Crippen LogP contribution in [0.3, 0.4) is 0 Å². The zero-order valence-electron chi connectivity index (χ0n) is 9.94. The molecule has 1 atom stereocenters. The lowest BCUT2D eigenvalue weighted by molar-refractivity contribution is 0.277. The van der Waals surface area contributed by atoms with Crippen LogP contribution in [-0.4, -0.2) is 10.00 Å². The van der Waals surface area contributed by atoms with Crippen molar-refractivity contribution in [3.63, 3.8) is 0 Å². The minimum absolute atomic E-state index is 0.232. The van der Waals surface area contributed by atoms with Crippen molar-refractivity contribution in [3.8, 4) is 5.75 Å². The van der Waals surface area contributed by atoms with Gasteiger partial charge in [0.15, 0.2) is 0 Å². The van der Waals surface area contributed by atoms with Gasteiger partial charge < -0.3 is 14.5 Å². The fraction of sp³-hybridized carbons (Fsp3) is 0.455. The van der Waals surface area contributed by atoms with Gasteiger partial charge in [-0.15, -0.1) is 0 Å². The molecule has 2 N–H and O–H groups in total. The number of aliphatic hydroxyl groups excluding tert-OH is 1. The second kappa shape index (κ2) is 9.66. The van der Waals surface area contributed by atoms with Crippen LogP contribution in [0, 0.1) is 0 Å². The van der Waals surface area contributed by atoms with Crippen LogP contribution < -0.4 is 4.52 Å². The van der Waals surface area contributed by atoms with Gasteiger partial charge in [0.1, 0.15) is 5.75 Å². The van der Waals surface area contributed by atoms with Crippen molar-refractivity contribution in [3.05, 3.63) is 28.2 Å². The van der Waals surface area contributed by atoms with E-state index in [0.717, 1.165) is 4.47 Å². The van der Waals surface area contributed by atoms with Crippen molar-refractivity contribution in [2.45, 2.75) is 33.3 Å². The van der Waals surface area contributed by atoms with Crippen LogP contribution in [0.4, 0.5) is 0 Å². The number of hydrogen-bond donors (Lipinski definition) is 2. The summed E-state index contributed by atoms with van der Waals surface area (Å²) >= 11 is 3.20. The quantitative estimate of drug-likeness (QED) is 0.832. The van der Waals surface area contributed by atoms with Gasteiger partial charge in [-0.1, -0.05) is 42.6 Å². The number of halogens is 1. The summed E-state index contributed by atoms with van der Waals surface area (Å²) in [4.78, 5) is 8.53. The Kier molecular flexibility index (Phi) is 9.46. The van der Waals surface area contributed by atoms with Crippen molar-refractivity contribution in [2.24, 2.45) is 0 Å². The number of aliphatic hydroxyl groups is 1. The molecule has 0 heterocycles. The second-order valence-electron chi connectivity index (χ2n) is 3.28. The minimum Gasteiger partial charge on any atom is -0.426 e. The Labute approximate surface area is 111 Å². The molecule has 0 amide bonds. The van der Waals surface area contributed by atoms with E-state index in [9.17, 15) is 4.57 Å². The molecule has 0 aromatic heterocycles. The molecule has 98 valence electrons. The number of unbranched alkanes of at least 4 members (excludes halogenated alkanes) is 1. The Hall–Kier alpha value is -0.350. The van der Waals surface area contributed by atoms with Crippen LogP contribution >= 0.6 is 24.2 Å². The molecule has 6 heteroatoms. The van der Waals surface area contributed by atoms with Gasteiger partial charge in [-0.25, -0.2) is 4.57 Å². The summed E-state index contributed by atoms with van der Waals surface area (Å²) in [6.07, 6.45) is 2.64. The van der Waals surface area contributed by atoms with Gasteiger partial charge in [0.2, 0.25) is 0 Å². The number of hydrogen-bond acceptors (Lipinski definition) is 3. The van der Waals surface area contributed by atoms with Crippen LogP contribution in [0.15, 0.2) is 22.7 Å². The topological polar surface area (TPSA) is 66.8 Å². The van der Waals surface area contributed by atoms with E-state index in [-0.39, 0.29) is 12.4 Å². The highest BCUT2D eigenvalue weighted by molar-refractivity contribution is 9.10. The number of rotatable bonds is 4. The lowest BCUT2D eigenvalue weighted by atomic mass is 10.2. The van der Waals surface area contributed by atoms with Crippen molar-refractivity contribution in [1.82, 2.24) is 0 Å². The molecular weight excluding hydrogens is 307 g/mol. The normalized spacial score (nSPS) is 11.4. The average Bonchev–Trinajstić information content (AvgIpc) is 2.31. The fourth-order valence-electron chi connectivity index (χ4n) is 0.865. The van der Waals surface area contributed by atoms with Crippen molar-refractivity contribution in [2.75, 3.05) is 0 Å². The molecule has 0 fully saturated rings. The maximum atomic E-state index is 10.4. The van der Waals surface area contributed by atoms with E-state index in [0.29, 0.717) is 5.56 Å². The molecule has 4 nitrogen and oxygen atoms in total. The first-order valence-corrected chi connectivity index (χ1v) is 7.40. The fourth-order valence-corrected chi connectivity index (χ4v) is 1.66. The molecule has 1 rings (SSSR count). The summed E-state index contributed by atoms with van der Waals surface area (Å²) in [6.45, 7) is 4.13. The van der Waals surface area contributed by atoms with E-state index in [4.69, 9.17) is 10.00 Å². The van der Waals surface area contributed by atoms with E-state index in [2.05, 4.69) is 34.3 Å². The van der Waals surface area contributed by atoms with E-state index in [1.165, 1.54) is 18.9 Å². The molecule has 1 unspecified atom stereocenters. The first-order chi connectivity index (χ1) is 8.04. The molecular formula is C11H18BrO4P. The van der Waals surface area contributed by atoms with Crippen molar-refractivity contribution in [1.29, 1.82) is 0 Å². The van der Waals surface area contributed by atoms with E-state index < -0.39 is 8.25 Å². The summed E-state index contributed by atoms with van der Waals surface area (Å²) in [6, 6.07) is 4.81. The van der Waals surface area contributed by atoms with Crippen molar-refractivity contribution >= 4 is 24.2 Å². The second-order valence-corrected chi connectivity index (χ2v) is 4.93. The third kappa shape index (κ3) is 7.55. The zero-order valence-corrected chi connectivity index (χ0v) is 12.5. The zero-order chi connectivity index (χ0) is 13.3. The molecule has 0 radical (unpaired) electrons. The summed E-state index contributed by atoms with van der Waals surface area (Å²) < 4.78 is 15.8. The number of benzene rings is 1. The lowest BCUT2D eigenvalue weighted by Gasteiger charge is -2.06. The molecule has 0 saturated carbocycles. The maximum Gasteiger partial charge on any atom is 0.365 e. The van der Waals surface area contributed by atoms with Crippen LogP contribution in [0.5, 0.6) is 5.75 Å². The molecule has 0 aliphatic heterocycles. The average molecular weight is 325 g/mol. The smallest absolute Gasteiger partial charge is 0.365 e. The molecule has 0 spiro atoms. The molecule has 0 bridgehead atoms. The van der Waals surface area contributed by atoms with Crippen LogP contribution in [0.1, 0.15) is 32.3 Å². The Morgan fingerprint density at radius 2 is 1.94 bits per heavy atom. The van der Waals surface area contributed by atoms with Gasteiger partial charge in [-0.2, -0.15) is 0 Å². The van der Waals surface area contributed by atoms with Gasteiger partial charge >= 0.3 is 8.25 Å². The third-order valence-corrected chi connectivity index (χ3v) is 2.78. The highest BCUT2D eigenvalue weighted by Gasteiger charge is 2.05. The molecule has 17 heavy (non-hydrogen) atoms. The van der Waals surface area contributed by atoms with Crippen molar-refractivity contribution < 1.29 is 19.1 Å². The highest BCUT2D eigenvalue weighted by atomic mass is 79.9. The van der Waals surface area contributed by atoms with E-state index in [1.54, 1.807) is 12.1 Å². The largest absolute Gasteiger partial charge is 0.426 e. The van der Waals surface area contributed by atoms with E-state index >= 15 is 0 Å². The first-order valence-electron chi connectivity index (χ1n) is 5.35. The van der Waals surface area contributed by atoms with Gasteiger partial charge in [-0.3, -0.25) is 0 Å². The Morgan fingerprint density at radius 1 is 1.35 bits per heavy atom. The van der Waals surface area contributed by atoms with E-state index in [1.807, 2.05) is 0 Å². The molecule has 1 aromatic rings. The molecule has 0 saturated heterocycles. The van der Waals surface area contributed by atoms with Crippen LogP contribution in [0.2, 0.25) is 0 Å². The monoisotopic (exact) mass is 324 g/mol. The third-order valence-electron chi connectivity index (χ3n) is 1.89. The highest BCUT2D eigenvalue weighted by Crippen LogP contribution is 2.29. The predicted molar refractivity (Wildman–Crippen MR) is 72.5 cm³/mol. The van der Waals surface area contributed by atoms with Gasteiger partial charge in [0.25, 0.3) is 0 Å². The summed E-state index contributed by atoms with van der Waals surface area (Å²) in [5.41, 5.74) is 0.474. The summed E-state index contributed by atoms with van der Waals surface area (Å²) in [5, 5.41) is 8.88. The standard InChI is InChI=1S/C7H8BrO4P.C4H10/c8-6-1-2-7(12-13(10)11)5(3-6)4-9;1-3-4-2/h1-3,9,13H,4H2,(H,10,11);3-4H2,1-2H3. The molecule has 0 aliphatic rings. The lowest BCUT2D eigenvalue weighted by Crippen LogP contribution is -1.89. The first kappa shape index (κ1) is 16.6. The Morgan fingerprint density at radius 3 is 2.35 bits per heavy atom. The maximum absolute atomic E-state index is 10.4. The van der Waals surface area contributed by atoms with Gasteiger partial charge in [0, 0.05) is 10.0 Å². The van der Waals surface area contributed by atoms with Crippen LogP contribution in [-0.2, 0) is 11.2 Å². The van der Waals surface area contributed by atoms with Gasteiger partial charge in [-0.05, 0) is 18.2 Å². The minimum atomic E-state index is -3.01. The summed E-state index contributed by atoms with van der Waals surface area (Å²) in [5.74, 6) is 0.233. The van der Waals surface area contributed by atoms with Crippen LogP contribution in [0.25, 0.3) is 0 Å². The van der Waals surface area contributed by atoms with Gasteiger partial charge in [0.05, 0.1) is 6.61 Å². The molecule has 1 aromatic carbocycles. The summed E-state index contributed by atoms with van der Waals surface area (Å²) in [7, 11) is -3.01. The SMILES string of the molecule is CCCC.O=[PH](O)Oc1ccc(Br)cc1CO. The Balaban J connectivity index is 0.000000557. The molecule has 0 aliphatic carbocycles. The Bertz CT molecular complexity index is 355. The predicted octanol–water partition coefficient (Wildman–Crippen LogP) is 3.51.